The van der Waals surface area contributed by atoms with Crippen LogP contribution in [0.5, 0.6) is 0 Å². The summed E-state index contributed by atoms with van der Waals surface area (Å²) in [6, 6.07) is 10.2. The Hall–Kier alpha value is -1.35. The van der Waals surface area contributed by atoms with Gasteiger partial charge in [0.25, 0.3) is 0 Å². The maximum absolute atomic E-state index is 12.4. The highest BCUT2D eigenvalue weighted by Gasteiger charge is 2.18. The van der Waals surface area contributed by atoms with E-state index in [1.54, 1.807) is 0 Å². The van der Waals surface area contributed by atoms with E-state index in [0.29, 0.717) is 6.42 Å². The van der Waals surface area contributed by atoms with Crippen LogP contribution in [0, 0.1) is 5.92 Å². The smallest absolute Gasteiger partial charge is 0.224 e. The van der Waals surface area contributed by atoms with E-state index in [1.807, 2.05) is 23.1 Å². The van der Waals surface area contributed by atoms with Crippen molar-refractivity contribution in [2.24, 2.45) is 5.92 Å². The molecule has 0 aliphatic carbocycles. The van der Waals surface area contributed by atoms with Gasteiger partial charge in [0, 0.05) is 32.6 Å². The molecule has 3 nitrogen and oxygen atoms in total. The molecular weight excluding hydrogens is 260 g/mol. The van der Waals surface area contributed by atoms with Crippen LogP contribution in [-0.2, 0) is 11.3 Å². The van der Waals surface area contributed by atoms with E-state index in [-0.39, 0.29) is 5.91 Å². The number of carbonyl (C=O) groups excluding carboxylic acids is 1. The summed E-state index contributed by atoms with van der Waals surface area (Å²) in [4.78, 5) is 16.8. The van der Waals surface area contributed by atoms with Crippen molar-refractivity contribution in [2.45, 2.75) is 39.7 Å². The molecule has 1 amide bonds. The molecule has 1 aromatic rings. The first kappa shape index (κ1) is 16.0. The Morgan fingerprint density at radius 3 is 2.76 bits per heavy atom. The Labute approximate surface area is 128 Å². The summed E-state index contributed by atoms with van der Waals surface area (Å²) in [6.07, 6.45) is 3.25. The lowest BCUT2D eigenvalue weighted by atomic mass is 10.0. The van der Waals surface area contributed by atoms with E-state index in [4.69, 9.17) is 0 Å². The Balaban J connectivity index is 1.80. The Morgan fingerprint density at radius 1 is 1.33 bits per heavy atom. The lowest BCUT2D eigenvalue weighted by molar-refractivity contribution is -0.132. The molecule has 1 aliphatic heterocycles. The molecule has 0 aromatic heterocycles. The van der Waals surface area contributed by atoms with Gasteiger partial charge in [-0.05, 0) is 37.8 Å². The van der Waals surface area contributed by atoms with Crippen LogP contribution in [0.2, 0.25) is 0 Å². The summed E-state index contributed by atoms with van der Waals surface area (Å²) in [6.45, 7) is 9.09. The third-order valence-corrected chi connectivity index (χ3v) is 4.33. The highest BCUT2D eigenvalue weighted by atomic mass is 16.2. The SMILES string of the molecule is CCN(Cc1ccccc1)C(=O)CCN1CCCC(C)C1. The number of carbonyl (C=O) groups is 1. The van der Waals surface area contributed by atoms with Gasteiger partial charge in [-0.25, -0.2) is 0 Å². The summed E-state index contributed by atoms with van der Waals surface area (Å²) in [5, 5.41) is 0. The summed E-state index contributed by atoms with van der Waals surface area (Å²) in [5.74, 6) is 1.06. The molecule has 3 heteroatoms. The molecule has 0 radical (unpaired) electrons. The second-order valence-corrected chi connectivity index (χ2v) is 6.19. The molecule has 1 aromatic carbocycles. The monoisotopic (exact) mass is 288 g/mol. The van der Waals surface area contributed by atoms with Gasteiger partial charge < -0.3 is 9.80 Å². The maximum Gasteiger partial charge on any atom is 0.224 e. The number of hydrogen-bond acceptors (Lipinski definition) is 2. The number of likely N-dealkylation sites (tertiary alicyclic amines) is 1. The van der Waals surface area contributed by atoms with Crippen molar-refractivity contribution in [2.75, 3.05) is 26.2 Å². The second-order valence-electron chi connectivity index (χ2n) is 6.19. The number of benzene rings is 1. The number of rotatable bonds is 6. The first-order chi connectivity index (χ1) is 10.2. The molecule has 1 unspecified atom stereocenters. The Kier molecular flexibility index (Phi) is 6.24. The zero-order valence-electron chi connectivity index (χ0n) is 13.4. The normalized spacial score (nSPS) is 19.4. The van der Waals surface area contributed by atoms with Crippen molar-refractivity contribution in [3.8, 4) is 0 Å². The molecule has 0 spiro atoms. The van der Waals surface area contributed by atoms with Crippen LogP contribution in [0.15, 0.2) is 30.3 Å². The minimum Gasteiger partial charge on any atom is -0.339 e. The molecule has 0 N–H and O–H groups in total. The topological polar surface area (TPSA) is 23.6 Å². The van der Waals surface area contributed by atoms with Gasteiger partial charge in [0.05, 0.1) is 0 Å². The fraction of sp³-hybridized carbons (Fsp3) is 0.611. The van der Waals surface area contributed by atoms with E-state index >= 15 is 0 Å². The van der Waals surface area contributed by atoms with Gasteiger partial charge in [-0.15, -0.1) is 0 Å². The zero-order valence-corrected chi connectivity index (χ0v) is 13.4. The summed E-state index contributed by atoms with van der Waals surface area (Å²) in [7, 11) is 0. The minimum atomic E-state index is 0.277. The number of amides is 1. The van der Waals surface area contributed by atoms with E-state index in [0.717, 1.165) is 38.6 Å². The first-order valence-corrected chi connectivity index (χ1v) is 8.23. The van der Waals surface area contributed by atoms with E-state index < -0.39 is 0 Å². The fourth-order valence-corrected chi connectivity index (χ4v) is 3.08. The van der Waals surface area contributed by atoms with Crippen molar-refractivity contribution < 1.29 is 4.79 Å². The van der Waals surface area contributed by atoms with Gasteiger partial charge in [-0.3, -0.25) is 4.79 Å². The fourth-order valence-electron chi connectivity index (χ4n) is 3.08. The number of nitrogens with zero attached hydrogens (tertiary/aromatic N) is 2. The molecule has 1 fully saturated rings. The van der Waals surface area contributed by atoms with Crippen molar-refractivity contribution in [1.82, 2.24) is 9.80 Å². The summed E-state index contributed by atoms with van der Waals surface area (Å²) in [5.41, 5.74) is 1.21. The molecule has 2 rings (SSSR count). The van der Waals surface area contributed by atoms with E-state index in [1.165, 1.54) is 18.4 Å². The van der Waals surface area contributed by atoms with Gasteiger partial charge in [0.2, 0.25) is 5.91 Å². The van der Waals surface area contributed by atoms with Gasteiger partial charge in [-0.2, -0.15) is 0 Å². The largest absolute Gasteiger partial charge is 0.339 e. The van der Waals surface area contributed by atoms with Gasteiger partial charge in [0.15, 0.2) is 0 Å². The molecule has 0 saturated carbocycles. The average molecular weight is 288 g/mol. The van der Waals surface area contributed by atoms with Crippen LogP contribution in [0.25, 0.3) is 0 Å². The number of piperidine rings is 1. The van der Waals surface area contributed by atoms with E-state index in [2.05, 4.69) is 30.9 Å². The van der Waals surface area contributed by atoms with Crippen LogP contribution in [0.3, 0.4) is 0 Å². The van der Waals surface area contributed by atoms with Crippen LogP contribution in [-0.4, -0.2) is 41.9 Å². The number of hydrogen-bond donors (Lipinski definition) is 0. The molecule has 1 aliphatic rings. The van der Waals surface area contributed by atoms with Crippen LogP contribution >= 0.6 is 0 Å². The van der Waals surface area contributed by atoms with Gasteiger partial charge in [-0.1, -0.05) is 37.3 Å². The standard InChI is InChI=1S/C18H28N2O/c1-3-20(15-17-9-5-4-6-10-17)18(21)11-13-19-12-7-8-16(2)14-19/h4-6,9-10,16H,3,7-8,11-15H2,1-2H3. The molecule has 0 bridgehead atoms. The van der Waals surface area contributed by atoms with Crippen LogP contribution in [0.4, 0.5) is 0 Å². The highest BCUT2D eigenvalue weighted by Crippen LogP contribution is 2.16. The highest BCUT2D eigenvalue weighted by molar-refractivity contribution is 5.76. The molecular formula is C18H28N2O. The van der Waals surface area contributed by atoms with Crippen molar-refractivity contribution >= 4 is 5.91 Å². The zero-order chi connectivity index (χ0) is 15.1. The predicted molar refractivity (Wildman–Crippen MR) is 87.0 cm³/mol. The minimum absolute atomic E-state index is 0.277. The molecule has 116 valence electrons. The second kappa shape index (κ2) is 8.18. The van der Waals surface area contributed by atoms with Crippen molar-refractivity contribution in [3.63, 3.8) is 0 Å². The van der Waals surface area contributed by atoms with Crippen LogP contribution in [0.1, 0.15) is 38.7 Å². The third kappa shape index (κ3) is 5.16. The molecule has 1 atom stereocenters. The lowest BCUT2D eigenvalue weighted by Gasteiger charge is -2.31. The van der Waals surface area contributed by atoms with E-state index in [9.17, 15) is 4.79 Å². The van der Waals surface area contributed by atoms with Gasteiger partial charge in [0.1, 0.15) is 0 Å². The lowest BCUT2D eigenvalue weighted by Crippen LogP contribution is -2.38. The molecule has 1 saturated heterocycles. The quantitative estimate of drug-likeness (QED) is 0.803. The summed E-state index contributed by atoms with van der Waals surface area (Å²) < 4.78 is 0. The maximum atomic E-state index is 12.4. The predicted octanol–water partition coefficient (Wildman–Crippen LogP) is 3.16. The Bertz CT molecular complexity index is 432. The third-order valence-electron chi connectivity index (χ3n) is 4.33. The van der Waals surface area contributed by atoms with Crippen molar-refractivity contribution in [1.29, 1.82) is 0 Å². The average Bonchev–Trinajstić information content (AvgIpc) is 2.51. The Morgan fingerprint density at radius 2 is 2.10 bits per heavy atom. The van der Waals surface area contributed by atoms with Crippen LogP contribution < -0.4 is 0 Å². The summed E-state index contributed by atoms with van der Waals surface area (Å²) >= 11 is 0. The molecule has 1 heterocycles. The van der Waals surface area contributed by atoms with Crippen molar-refractivity contribution in [3.05, 3.63) is 35.9 Å². The molecule has 21 heavy (non-hydrogen) atoms. The first-order valence-electron chi connectivity index (χ1n) is 8.23. The van der Waals surface area contributed by atoms with Gasteiger partial charge >= 0.3 is 0 Å².